The molecule has 1 saturated carbocycles. The quantitative estimate of drug-likeness (QED) is 0.720. The molecule has 3 N–H and O–H groups in total. The number of rotatable bonds is 3. The summed E-state index contributed by atoms with van der Waals surface area (Å²) in [5.74, 6) is 0.0861. The Labute approximate surface area is 99.5 Å². The third-order valence-electron chi connectivity index (χ3n) is 3.05. The molecule has 1 aliphatic carbocycles. The Kier molecular flexibility index (Phi) is 3.58. The number of carbonyl (C=O) groups excluding carboxylic acids is 1. The molecule has 1 aliphatic rings. The highest BCUT2D eigenvalue weighted by Crippen LogP contribution is 2.24. The lowest BCUT2D eigenvalue weighted by molar-refractivity contribution is 0.0944. The molecule has 17 heavy (non-hydrogen) atoms. The van der Waals surface area contributed by atoms with Crippen molar-refractivity contribution in [3.05, 3.63) is 24.0 Å². The van der Waals surface area contributed by atoms with E-state index in [1.807, 2.05) is 0 Å². The van der Waals surface area contributed by atoms with E-state index in [1.54, 1.807) is 0 Å². The first-order valence-electron chi connectivity index (χ1n) is 5.75. The van der Waals surface area contributed by atoms with Crippen molar-refractivity contribution in [2.75, 3.05) is 6.54 Å². The lowest BCUT2D eigenvalue weighted by atomic mass is 10.1. The molecule has 1 amide bonds. The summed E-state index contributed by atoms with van der Waals surface area (Å²) < 4.78 is 0. The van der Waals surface area contributed by atoms with Crippen molar-refractivity contribution in [3.8, 4) is 5.75 Å². The molecule has 1 heterocycles. The van der Waals surface area contributed by atoms with E-state index in [0.29, 0.717) is 18.0 Å². The molecule has 0 saturated heterocycles. The van der Waals surface area contributed by atoms with E-state index in [0.717, 1.165) is 19.3 Å². The lowest BCUT2D eigenvalue weighted by Crippen LogP contribution is -2.28. The minimum Gasteiger partial charge on any atom is -0.506 e. The van der Waals surface area contributed by atoms with Gasteiger partial charge in [-0.25, -0.2) is 0 Å². The molecule has 1 aromatic heterocycles. The second-order valence-electron chi connectivity index (χ2n) is 4.47. The van der Waals surface area contributed by atoms with E-state index in [1.165, 1.54) is 18.5 Å². The van der Waals surface area contributed by atoms with E-state index in [4.69, 9.17) is 0 Å². The molecule has 2 atom stereocenters. The second kappa shape index (κ2) is 5.14. The minimum absolute atomic E-state index is 0.0195. The van der Waals surface area contributed by atoms with Crippen molar-refractivity contribution in [1.82, 2.24) is 10.3 Å². The van der Waals surface area contributed by atoms with Crippen molar-refractivity contribution in [3.63, 3.8) is 0 Å². The summed E-state index contributed by atoms with van der Waals surface area (Å²) in [7, 11) is 0. The largest absolute Gasteiger partial charge is 0.506 e. The Hall–Kier alpha value is -1.62. The molecular formula is C12H16N2O3. The number of nitrogens with one attached hydrogen (secondary N) is 1. The first kappa shape index (κ1) is 11.9. The summed E-state index contributed by atoms with van der Waals surface area (Å²) in [4.78, 5) is 15.5. The number of amides is 1. The van der Waals surface area contributed by atoms with Gasteiger partial charge >= 0.3 is 0 Å². The van der Waals surface area contributed by atoms with Gasteiger partial charge in [-0.3, -0.25) is 9.78 Å². The number of hydrogen-bond acceptors (Lipinski definition) is 4. The van der Waals surface area contributed by atoms with Crippen LogP contribution in [0.5, 0.6) is 5.75 Å². The number of hydrogen-bond donors (Lipinski definition) is 3. The van der Waals surface area contributed by atoms with Crippen LogP contribution in [0.1, 0.15) is 29.6 Å². The van der Waals surface area contributed by atoms with Crippen LogP contribution >= 0.6 is 0 Å². The molecule has 0 radical (unpaired) electrons. The van der Waals surface area contributed by atoms with Gasteiger partial charge in [0.25, 0.3) is 5.91 Å². The highest BCUT2D eigenvalue weighted by Gasteiger charge is 2.23. The molecule has 0 spiro atoms. The van der Waals surface area contributed by atoms with Gasteiger partial charge in [0.05, 0.1) is 17.9 Å². The van der Waals surface area contributed by atoms with Gasteiger partial charge in [-0.15, -0.1) is 0 Å². The van der Waals surface area contributed by atoms with Crippen LogP contribution in [-0.2, 0) is 0 Å². The lowest BCUT2D eigenvalue weighted by Gasteiger charge is -2.10. The van der Waals surface area contributed by atoms with Crippen molar-refractivity contribution < 1.29 is 15.0 Å². The molecule has 0 aromatic carbocycles. The zero-order valence-corrected chi connectivity index (χ0v) is 9.47. The number of pyridine rings is 1. The van der Waals surface area contributed by atoms with Crippen molar-refractivity contribution >= 4 is 5.91 Å². The predicted octanol–water partition coefficient (Wildman–Crippen LogP) is 0.678. The van der Waals surface area contributed by atoms with Crippen LogP contribution < -0.4 is 5.32 Å². The van der Waals surface area contributed by atoms with Crippen LogP contribution in [0.3, 0.4) is 0 Å². The standard InChI is InChI=1S/C12H16N2O3/c15-10-2-1-8(3-10)5-14-12(17)9-4-11(16)7-13-6-9/h4,6-8,10,15-16H,1-3,5H2,(H,14,17). The Morgan fingerprint density at radius 1 is 1.47 bits per heavy atom. The van der Waals surface area contributed by atoms with Crippen molar-refractivity contribution in [2.45, 2.75) is 25.4 Å². The molecule has 5 nitrogen and oxygen atoms in total. The average Bonchev–Trinajstić information content (AvgIpc) is 2.72. The van der Waals surface area contributed by atoms with Gasteiger partial charge in [0.1, 0.15) is 5.75 Å². The van der Waals surface area contributed by atoms with Crippen LogP contribution in [0, 0.1) is 5.92 Å². The molecule has 0 aliphatic heterocycles. The Balaban J connectivity index is 1.85. The van der Waals surface area contributed by atoms with E-state index < -0.39 is 0 Å². The first-order valence-corrected chi connectivity index (χ1v) is 5.75. The summed E-state index contributed by atoms with van der Waals surface area (Å²) in [5, 5.41) is 21.4. The van der Waals surface area contributed by atoms with Gasteiger partial charge < -0.3 is 15.5 Å². The molecule has 5 heteroatoms. The fourth-order valence-corrected chi connectivity index (χ4v) is 2.13. The van der Waals surface area contributed by atoms with Crippen LogP contribution in [-0.4, -0.2) is 33.8 Å². The minimum atomic E-state index is -0.241. The number of aromatic nitrogens is 1. The van der Waals surface area contributed by atoms with Gasteiger partial charge in [0.2, 0.25) is 0 Å². The number of carbonyl (C=O) groups is 1. The maximum absolute atomic E-state index is 11.7. The maximum atomic E-state index is 11.7. The van der Waals surface area contributed by atoms with Gasteiger partial charge in [-0.2, -0.15) is 0 Å². The normalized spacial score (nSPS) is 23.6. The van der Waals surface area contributed by atoms with E-state index in [2.05, 4.69) is 10.3 Å². The maximum Gasteiger partial charge on any atom is 0.252 e. The predicted molar refractivity (Wildman–Crippen MR) is 61.6 cm³/mol. The van der Waals surface area contributed by atoms with Crippen LogP contribution in [0.15, 0.2) is 18.5 Å². The molecule has 1 aromatic rings. The Bertz CT molecular complexity index is 408. The zero-order chi connectivity index (χ0) is 12.3. The topological polar surface area (TPSA) is 82.5 Å². The summed E-state index contributed by atoms with van der Waals surface area (Å²) in [6.07, 6.45) is 4.98. The smallest absolute Gasteiger partial charge is 0.252 e. The molecule has 2 unspecified atom stereocenters. The van der Waals surface area contributed by atoms with Crippen LogP contribution in [0.25, 0.3) is 0 Å². The number of aromatic hydroxyl groups is 1. The fourth-order valence-electron chi connectivity index (χ4n) is 2.13. The zero-order valence-electron chi connectivity index (χ0n) is 9.47. The van der Waals surface area contributed by atoms with E-state index in [-0.39, 0.29) is 17.8 Å². The molecular weight excluding hydrogens is 220 g/mol. The van der Waals surface area contributed by atoms with Crippen molar-refractivity contribution in [2.24, 2.45) is 5.92 Å². The molecule has 1 fully saturated rings. The van der Waals surface area contributed by atoms with Crippen molar-refractivity contribution in [1.29, 1.82) is 0 Å². The SMILES string of the molecule is O=C(NCC1CCC(O)C1)c1cncc(O)c1. The third kappa shape index (κ3) is 3.17. The fraction of sp³-hybridized carbons (Fsp3) is 0.500. The number of nitrogens with zero attached hydrogens (tertiary/aromatic N) is 1. The summed E-state index contributed by atoms with van der Waals surface area (Å²) >= 11 is 0. The molecule has 0 bridgehead atoms. The van der Waals surface area contributed by atoms with Crippen LogP contribution in [0.2, 0.25) is 0 Å². The van der Waals surface area contributed by atoms with Gasteiger partial charge in [0.15, 0.2) is 0 Å². The highest BCUT2D eigenvalue weighted by atomic mass is 16.3. The summed E-state index contributed by atoms with van der Waals surface area (Å²) in [5.41, 5.74) is 0.351. The van der Waals surface area contributed by atoms with Gasteiger partial charge in [-0.05, 0) is 31.2 Å². The highest BCUT2D eigenvalue weighted by molar-refractivity contribution is 5.94. The summed E-state index contributed by atoms with van der Waals surface area (Å²) in [6.45, 7) is 0.561. The third-order valence-corrected chi connectivity index (χ3v) is 3.05. The number of aliphatic hydroxyl groups is 1. The van der Waals surface area contributed by atoms with Gasteiger partial charge in [-0.1, -0.05) is 0 Å². The van der Waals surface area contributed by atoms with E-state index in [9.17, 15) is 15.0 Å². The molecule has 92 valence electrons. The van der Waals surface area contributed by atoms with Gasteiger partial charge in [0, 0.05) is 12.7 Å². The second-order valence-corrected chi connectivity index (χ2v) is 4.47. The first-order chi connectivity index (χ1) is 8.15. The Morgan fingerprint density at radius 3 is 2.94 bits per heavy atom. The Morgan fingerprint density at radius 2 is 2.29 bits per heavy atom. The average molecular weight is 236 g/mol. The van der Waals surface area contributed by atoms with Crippen LogP contribution in [0.4, 0.5) is 0 Å². The van der Waals surface area contributed by atoms with E-state index >= 15 is 0 Å². The molecule has 2 rings (SSSR count). The summed E-state index contributed by atoms with van der Waals surface area (Å²) in [6, 6.07) is 1.38. The monoisotopic (exact) mass is 236 g/mol. The number of aliphatic hydroxyl groups excluding tert-OH is 1.